The maximum Gasteiger partial charge on any atom is 0.191 e. The summed E-state index contributed by atoms with van der Waals surface area (Å²) in [5.74, 6) is 3.54. The van der Waals surface area contributed by atoms with Crippen LogP contribution in [0, 0.1) is 0 Å². The van der Waals surface area contributed by atoms with Gasteiger partial charge >= 0.3 is 0 Å². The number of rotatable bonds is 12. The lowest BCUT2D eigenvalue weighted by molar-refractivity contribution is 0.352. The van der Waals surface area contributed by atoms with Crippen LogP contribution in [0.1, 0.15) is 30.9 Å². The highest BCUT2D eigenvalue weighted by Gasteiger charge is 2.11. The molecule has 0 bridgehead atoms. The zero-order chi connectivity index (χ0) is 19.2. The fourth-order valence-electron chi connectivity index (χ4n) is 2.60. The number of aliphatic imine (C=N–C) groups is 1. The maximum atomic E-state index is 5.49. The van der Waals surface area contributed by atoms with Gasteiger partial charge in [0.05, 0.1) is 20.8 Å². The average Bonchev–Trinajstić information content (AvgIpc) is 2.65. The molecule has 5 nitrogen and oxygen atoms in total. The summed E-state index contributed by atoms with van der Waals surface area (Å²) in [7, 11) is 3.31. The predicted octanol–water partition coefficient (Wildman–Crippen LogP) is 4.25. The van der Waals surface area contributed by atoms with Gasteiger partial charge < -0.3 is 20.1 Å². The highest BCUT2D eigenvalue weighted by Crippen LogP contribution is 2.33. The summed E-state index contributed by atoms with van der Waals surface area (Å²) in [6.45, 7) is 8.24. The van der Waals surface area contributed by atoms with Crippen molar-refractivity contribution < 1.29 is 9.47 Å². The van der Waals surface area contributed by atoms with E-state index < -0.39 is 0 Å². The quantitative estimate of drug-likeness (QED) is 0.146. The number of guanidine groups is 1. The highest BCUT2D eigenvalue weighted by atomic mass is 127. The summed E-state index contributed by atoms with van der Waals surface area (Å²) in [6, 6.07) is 4.09. The summed E-state index contributed by atoms with van der Waals surface area (Å²) in [5.41, 5.74) is 2.14. The summed E-state index contributed by atoms with van der Waals surface area (Å²) in [6.07, 6.45) is 7.09. The smallest absolute Gasteiger partial charge is 0.191 e. The molecule has 7 heteroatoms. The van der Waals surface area contributed by atoms with E-state index in [0.717, 1.165) is 54.5 Å². The SMILES string of the molecule is C=CCc1cc(CN=C(NCC)NCCCCSC)cc(OC)c1OC.I. The van der Waals surface area contributed by atoms with E-state index in [0.29, 0.717) is 6.54 Å². The fraction of sp³-hybridized carbons (Fsp3) is 0.550. The molecule has 0 aliphatic rings. The Bertz CT molecular complexity index is 583. The van der Waals surface area contributed by atoms with Crippen molar-refractivity contribution in [2.75, 3.05) is 39.3 Å². The molecule has 0 radical (unpaired) electrons. The molecule has 0 heterocycles. The van der Waals surface area contributed by atoms with Crippen molar-refractivity contribution in [1.82, 2.24) is 10.6 Å². The maximum absolute atomic E-state index is 5.49. The highest BCUT2D eigenvalue weighted by molar-refractivity contribution is 14.0. The third kappa shape index (κ3) is 9.60. The van der Waals surface area contributed by atoms with Crippen LogP contribution in [0.15, 0.2) is 29.8 Å². The summed E-state index contributed by atoms with van der Waals surface area (Å²) in [4.78, 5) is 4.70. The van der Waals surface area contributed by atoms with E-state index in [1.165, 1.54) is 12.2 Å². The lowest BCUT2D eigenvalue weighted by Crippen LogP contribution is -2.37. The van der Waals surface area contributed by atoms with Gasteiger partial charge in [0, 0.05) is 18.7 Å². The van der Waals surface area contributed by atoms with Crippen LogP contribution in [0.3, 0.4) is 0 Å². The van der Waals surface area contributed by atoms with Gasteiger partial charge in [-0.05, 0) is 55.9 Å². The normalized spacial score (nSPS) is 10.7. The molecule has 1 rings (SSSR count). The number of benzene rings is 1. The van der Waals surface area contributed by atoms with Crippen LogP contribution in [-0.4, -0.2) is 45.3 Å². The van der Waals surface area contributed by atoms with Crippen LogP contribution in [0.5, 0.6) is 11.5 Å². The molecule has 154 valence electrons. The third-order valence-electron chi connectivity index (χ3n) is 3.81. The molecule has 0 spiro atoms. The Morgan fingerprint density at radius 1 is 1.22 bits per heavy atom. The Morgan fingerprint density at radius 3 is 2.59 bits per heavy atom. The van der Waals surface area contributed by atoms with Crippen LogP contribution in [0.4, 0.5) is 0 Å². The first-order valence-electron chi connectivity index (χ1n) is 9.05. The number of halogens is 1. The molecular weight excluding hydrogens is 473 g/mol. The van der Waals surface area contributed by atoms with Crippen molar-refractivity contribution in [3.05, 3.63) is 35.9 Å². The van der Waals surface area contributed by atoms with Gasteiger partial charge in [-0.1, -0.05) is 6.08 Å². The third-order valence-corrected chi connectivity index (χ3v) is 4.51. The minimum atomic E-state index is 0. The van der Waals surface area contributed by atoms with Crippen molar-refractivity contribution in [1.29, 1.82) is 0 Å². The van der Waals surface area contributed by atoms with Gasteiger partial charge in [0.2, 0.25) is 0 Å². The van der Waals surface area contributed by atoms with Gasteiger partial charge in [0.15, 0.2) is 17.5 Å². The van der Waals surface area contributed by atoms with Crippen molar-refractivity contribution in [2.45, 2.75) is 32.7 Å². The number of unbranched alkanes of at least 4 members (excludes halogenated alkanes) is 1. The van der Waals surface area contributed by atoms with Crippen LogP contribution >= 0.6 is 35.7 Å². The molecule has 0 amide bonds. The van der Waals surface area contributed by atoms with Crippen LogP contribution in [-0.2, 0) is 13.0 Å². The van der Waals surface area contributed by atoms with Crippen molar-refractivity contribution in [3.63, 3.8) is 0 Å². The second-order valence-corrected chi connectivity index (χ2v) is 6.79. The molecule has 0 fully saturated rings. The second kappa shape index (κ2) is 15.9. The van der Waals surface area contributed by atoms with Gasteiger partial charge in [-0.2, -0.15) is 11.8 Å². The Hall–Kier alpha value is -1.09. The van der Waals surface area contributed by atoms with E-state index in [2.05, 4.69) is 36.5 Å². The first-order chi connectivity index (χ1) is 12.7. The molecule has 2 N–H and O–H groups in total. The first-order valence-corrected chi connectivity index (χ1v) is 10.4. The van der Waals surface area contributed by atoms with E-state index in [4.69, 9.17) is 14.5 Å². The Morgan fingerprint density at radius 2 is 2.00 bits per heavy atom. The zero-order valence-electron chi connectivity index (χ0n) is 17.0. The van der Waals surface area contributed by atoms with Gasteiger partial charge in [-0.25, -0.2) is 4.99 Å². The second-order valence-electron chi connectivity index (χ2n) is 5.81. The van der Waals surface area contributed by atoms with Gasteiger partial charge in [0.25, 0.3) is 0 Å². The molecule has 1 aromatic rings. The van der Waals surface area contributed by atoms with E-state index in [-0.39, 0.29) is 24.0 Å². The molecule has 0 saturated heterocycles. The number of thioether (sulfide) groups is 1. The van der Waals surface area contributed by atoms with E-state index in [1.54, 1.807) is 14.2 Å². The minimum Gasteiger partial charge on any atom is -0.493 e. The Balaban J connectivity index is 0.00000676. The molecule has 0 aliphatic heterocycles. The number of hydrogen-bond acceptors (Lipinski definition) is 4. The molecule has 0 saturated carbocycles. The van der Waals surface area contributed by atoms with E-state index >= 15 is 0 Å². The number of nitrogens with one attached hydrogen (secondary N) is 2. The largest absolute Gasteiger partial charge is 0.493 e. The molecule has 0 aromatic heterocycles. The van der Waals surface area contributed by atoms with Crippen molar-refractivity contribution in [3.8, 4) is 11.5 Å². The number of ether oxygens (including phenoxy) is 2. The van der Waals surface area contributed by atoms with Crippen LogP contribution < -0.4 is 20.1 Å². The molecule has 0 aliphatic carbocycles. The molecule has 0 unspecified atom stereocenters. The Labute approximate surface area is 185 Å². The molecular formula is C20H34IN3O2S. The average molecular weight is 507 g/mol. The first kappa shape index (κ1) is 25.9. The van der Waals surface area contributed by atoms with Gasteiger partial charge in [-0.15, -0.1) is 30.6 Å². The van der Waals surface area contributed by atoms with E-state index in [9.17, 15) is 0 Å². The monoisotopic (exact) mass is 507 g/mol. The number of hydrogen-bond donors (Lipinski definition) is 2. The van der Waals surface area contributed by atoms with Crippen molar-refractivity contribution in [2.24, 2.45) is 4.99 Å². The van der Waals surface area contributed by atoms with Crippen molar-refractivity contribution >= 4 is 41.7 Å². The number of methoxy groups -OCH3 is 2. The summed E-state index contributed by atoms with van der Waals surface area (Å²) >= 11 is 1.89. The predicted molar refractivity (Wildman–Crippen MR) is 129 cm³/mol. The fourth-order valence-corrected chi connectivity index (χ4v) is 3.09. The van der Waals surface area contributed by atoms with Crippen LogP contribution in [0.25, 0.3) is 0 Å². The molecule has 0 atom stereocenters. The standard InChI is InChI=1S/C20H33N3O2S.HI/c1-6-10-17-13-16(14-18(24-3)19(17)25-4)15-23-20(21-7-2)22-11-8-9-12-26-5;/h6,13-14H,1,7-12,15H2,2-5H3,(H2,21,22,23);1H. The number of nitrogens with zero attached hydrogens (tertiary/aromatic N) is 1. The molecule has 27 heavy (non-hydrogen) atoms. The van der Waals surface area contributed by atoms with Gasteiger partial charge in [-0.3, -0.25) is 0 Å². The van der Waals surface area contributed by atoms with E-state index in [1.807, 2.05) is 23.9 Å². The van der Waals surface area contributed by atoms with Crippen LogP contribution in [0.2, 0.25) is 0 Å². The topological polar surface area (TPSA) is 54.9 Å². The lowest BCUT2D eigenvalue weighted by Gasteiger charge is -2.15. The van der Waals surface area contributed by atoms with Gasteiger partial charge in [0.1, 0.15) is 0 Å². The molecule has 1 aromatic carbocycles. The summed E-state index contributed by atoms with van der Waals surface area (Å²) in [5, 5.41) is 6.69. The zero-order valence-corrected chi connectivity index (χ0v) is 20.1. The summed E-state index contributed by atoms with van der Waals surface area (Å²) < 4.78 is 11.0. The Kier molecular flexibility index (Phi) is 15.3. The number of allylic oxidation sites excluding steroid dienone is 1. The lowest BCUT2D eigenvalue weighted by atomic mass is 10.1. The minimum absolute atomic E-state index is 0.